The number of hydrogen-bond acceptors (Lipinski definition) is 6. The van der Waals surface area contributed by atoms with E-state index in [4.69, 9.17) is 17.8 Å². The molecule has 0 saturated carbocycles. The van der Waals surface area contributed by atoms with Crippen LogP contribution in [-0.4, -0.2) is 60.4 Å². The fourth-order valence-electron chi connectivity index (χ4n) is 2.06. The van der Waals surface area contributed by atoms with Crippen LogP contribution in [0.4, 0.5) is 0 Å². The van der Waals surface area contributed by atoms with Gasteiger partial charge >= 0.3 is 8.80 Å². The van der Waals surface area contributed by atoms with Gasteiger partial charge in [-0.15, -0.1) is 0 Å². The van der Waals surface area contributed by atoms with Gasteiger partial charge in [0.15, 0.2) is 0 Å². The van der Waals surface area contributed by atoms with Gasteiger partial charge < -0.3 is 13.3 Å². The minimum Gasteiger partial charge on any atom is -0.377 e. The Bertz CT molecular complexity index is 387. The molecule has 0 heterocycles. The quantitative estimate of drug-likeness (QED) is 0.301. The van der Waals surface area contributed by atoms with E-state index in [-0.39, 0.29) is 11.2 Å². The average molecular weight is 375 g/mol. The molecule has 0 radical (unpaired) electrons. The zero-order valence-electron chi connectivity index (χ0n) is 14.3. The fourth-order valence-corrected chi connectivity index (χ4v) is 6.16. The summed E-state index contributed by atoms with van der Waals surface area (Å²) in [5.41, 5.74) is 0.126. The minimum absolute atomic E-state index is 0.126. The van der Waals surface area contributed by atoms with Gasteiger partial charge in [0, 0.05) is 27.4 Å². The Balaban J connectivity index is 3.97. The number of thioether (sulfide) groups is 1. The van der Waals surface area contributed by atoms with Gasteiger partial charge in [0.2, 0.25) is 0 Å². The Morgan fingerprint density at radius 1 is 1.09 bits per heavy atom. The van der Waals surface area contributed by atoms with Crippen molar-refractivity contribution < 1.29 is 26.2 Å². The SMILES string of the molecule is CO[Si](CCSCC(C)(C)CCCCS(=O)(=O)O)(OC)OC. The number of hydrogen-bond donors (Lipinski definition) is 1. The van der Waals surface area contributed by atoms with Crippen molar-refractivity contribution in [3.63, 3.8) is 0 Å². The van der Waals surface area contributed by atoms with Crippen LogP contribution in [0.25, 0.3) is 0 Å². The largest absolute Gasteiger partial charge is 0.500 e. The summed E-state index contributed by atoms with van der Waals surface area (Å²) in [6.45, 7) is 4.34. The molecule has 22 heavy (non-hydrogen) atoms. The molecule has 0 unspecified atom stereocenters. The molecule has 134 valence electrons. The lowest BCUT2D eigenvalue weighted by Crippen LogP contribution is -2.43. The molecular weight excluding hydrogens is 344 g/mol. The van der Waals surface area contributed by atoms with Gasteiger partial charge in [-0.25, -0.2) is 0 Å². The third kappa shape index (κ3) is 10.2. The molecular formula is C13H30O6S2Si. The van der Waals surface area contributed by atoms with Crippen LogP contribution >= 0.6 is 11.8 Å². The van der Waals surface area contributed by atoms with E-state index in [0.717, 1.165) is 30.4 Å². The third-order valence-corrected chi connectivity index (χ3v) is 8.86. The summed E-state index contributed by atoms with van der Waals surface area (Å²) in [6, 6.07) is 0.764. The number of unbranched alkanes of at least 4 members (excludes halogenated alkanes) is 1. The predicted octanol–water partition coefficient (Wildman–Crippen LogP) is 2.68. The van der Waals surface area contributed by atoms with Crippen molar-refractivity contribution in [3.05, 3.63) is 0 Å². The maximum atomic E-state index is 10.7. The first-order chi connectivity index (χ1) is 10.1. The summed E-state index contributed by atoms with van der Waals surface area (Å²) in [5.74, 6) is 1.72. The van der Waals surface area contributed by atoms with E-state index < -0.39 is 18.9 Å². The molecule has 0 aliphatic heterocycles. The molecule has 1 N–H and O–H groups in total. The van der Waals surface area contributed by atoms with Crippen molar-refractivity contribution in [1.29, 1.82) is 0 Å². The van der Waals surface area contributed by atoms with Crippen LogP contribution in [0, 0.1) is 5.41 Å². The van der Waals surface area contributed by atoms with E-state index in [1.54, 1.807) is 21.3 Å². The Morgan fingerprint density at radius 3 is 2.09 bits per heavy atom. The monoisotopic (exact) mass is 374 g/mol. The van der Waals surface area contributed by atoms with Crippen molar-refractivity contribution in [2.24, 2.45) is 5.41 Å². The van der Waals surface area contributed by atoms with Crippen LogP contribution < -0.4 is 0 Å². The highest BCUT2D eigenvalue weighted by Crippen LogP contribution is 2.29. The zero-order valence-corrected chi connectivity index (χ0v) is 16.9. The lowest BCUT2D eigenvalue weighted by atomic mass is 9.90. The molecule has 0 aliphatic carbocycles. The maximum Gasteiger partial charge on any atom is 0.500 e. The van der Waals surface area contributed by atoms with Crippen LogP contribution in [0.3, 0.4) is 0 Å². The van der Waals surface area contributed by atoms with Gasteiger partial charge in [0.25, 0.3) is 10.1 Å². The minimum atomic E-state index is -3.83. The second kappa shape index (κ2) is 10.3. The highest BCUT2D eigenvalue weighted by atomic mass is 32.2. The summed E-state index contributed by atoms with van der Waals surface area (Å²) in [6.07, 6.45) is 2.22. The van der Waals surface area contributed by atoms with Crippen LogP contribution in [0.5, 0.6) is 0 Å². The van der Waals surface area contributed by atoms with Gasteiger partial charge in [-0.05, 0) is 29.8 Å². The molecule has 0 spiro atoms. The van der Waals surface area contributed by atoms with Gasteiger partial charge in [-0.3, -0.25) is 4.55 Å². The molecule has 0 aliphatic rings. The van der Waals surface area contributed by atoms with Gasteiger partial charge in [0.05, 0.1) is 5.75 Å². The third-order valence-electron chi connectivity index (χ3n) is 3.48. The topological polar surface area (TPSA) is 82.1 Å². The Hall–Kier alpha value is 0.357. The van der Waals surface area contributed by atoms with E-state index >= 15 is 0 Å². The average Bonchev–Trinajstić information content (AvgIpc) is 2.44. The lowest BCUT2D eigenvalue weighted by molar-refractivity contribution is 0.125. The van der Waals surface area contributed by atoms with Crippen molar-refractivity contribution in [2.75, 3.05) is 38.6 Å². The molecule has 0 bridgehead atoms. The summed E-state index contributed by atoms with van der Waals surface area (Å²) < 4.78 is 46.2. The van der Waals surface area contributed by atoms with Crippen LogP contribution in [0.15, 0.2) is 0 Å². The highest BCUT2D eigenvalue weighted by Gasteiger charge is 2.37. The summed E-state index contributed by atoms with van der Waals surface area (Å²) >= 11 is 1.82. The van der Waals surface area contributed by atoms with Crippen molar-refractivity contribution in [3.8, 4) is 0 Å². The summed E-state index contributed by atoms with van der Waals surface area (Å²) in [4.78, 5) is 0. The predicted molar refractivity (Wildman–Crippen MR) is 93.0 cm³/mol. The molecule has 0 amide bonds. The molecule has 0 aromatic heterocycles. The Kier molecular flexibility index (Phi) is 10.4. The molecule has 9 heteroatoms. The molecule has 0 aromatic carbocycles. The Morgan fingerprint density at radius 2 is 1.64 bits per heavy atom. The molecule has 0 atom stereocenters. The molecule has 6 nitrogen and oxygen atoms in total. The van der Waals surface area contributed by atoms with Gasteiger partial charge in [0.1, 0.15) is 0 Å². The maximum absolute atomic E-state index is 10.7. The first-order valence-electron chi connectivity index (χ1n) is 7.28. The van der Waals surface area contributed by atoms with E-state index in [1.165, 1.54) is 0 Å². The molecule has 0 aromatic rings. The zero-order chi connectivity index (χ0) is 17.3. The smallest absolute Gasteiger partial charge is 0.377 e. The first-order valence-corrected chi connectivity index (χ1v) is 12.0. The van der Waals surface area contributed by atoms with E-state index in [2.05, 4.69) is 13.8 Å². The standard InChI is InChI=1S/C13H30O6S2Si/c1-13(2,8-6-7-10-21(14,15)16)12-20-9-11-22(17-3,18-4)19-5/h6-12H2,1-5H3,(H,14,15,16). The second-order valence-corrected chi connectivity index (χ2v) is 11.8. The normalized spacial score (nSPS) is 13.5. The molecule has 0 fully saturated rings. The molecule has 0 rings (SSSR count). The summed E-state index contributed by atoms with van der Waals surface area (Å²) in [5, 5.41) is 0. The van der Waals surface area contributed by atoms with Gasteiger partial charge in [-0.2, -0.15) is 20.2 Å². The first kappa shape index (κ1) is 22.4. The van der Waals surface area contributed by atoms with Crippen molar-refractivity contribution in [1.82, 2.24) is 0 Å². The number of rotatable bonds is 13. The van der Waals surface area contributed by atoms with E-state index in [0.29, 0.717) is 6.42 Å². The van der Waals surface area contributed by atoms with Gasteiger partial charge in [-0.1, -0.05) is 20.3 Å². The van der Waals surface area contributed by atoms with E-state index in [1.807, 2.05) is 11.8 Å². The summed E-state index contributed by atoms with van der Waals surface area (Å²) in [7, 11) is -1.47. The van der Waals surface area contributed by atoms with Crippen LogP contribution in [0.2, 0.25) is 6.04 Å². The van der Waals surface area contributed by atoms with Crippen molar-refractivity contribution in [2.45, 2.75) is 39.2 Å². The second-order valence-electron chi connectivity index (χ2n) is 6.01. The van der Waals surface area contributed by atoms with Crippen LogP contribution in [-0.2, 0) is 23.4 Å². The van der Waals surface area contributed by atoms with E-state index in [9.17, 15) is 8.42 Å². The highest BCUT2D eigenvalue weighted by molar-refractivity contribution is 7.99. The Labute approximate surface area is 140 Å². The van der Waals surface area contributed by atoms with Crippen molar-refractivity contribution >= 4 is 30.7 Å². The molecule has 0 saturated heterocycles. The lowest BCUT2D eigenvalue weighted by Gasteiger charge is -2.26. The van der Waals surface area contributed by atoms with Crippen LogP contribution in [0.1, 0.15) is 33.1 Å². The fraction of sp³-hybridized carbons (Fsp3) is 1.00.